The average Bonchev–Trinajstić information content (AvgIpc) is 2.44. The van der Waals surface area contributed by atoms with E-state index in [-0.39, 0.29) is 5.60 Å². The maximum absolute atomic E-state index is 10.2. The van der Waals surface area contributed by atoms with Gasteiger partial charge in [-0.05, 0) is 40.7 Å². The van der Waals surface area contributed by atoms with Crippen LogP contribution in [0.2, 0.25) is 0 Å². The Balaban J connectivity index is 2.66. The van der Waals surface area contributed by atoms with E-state index in [2.05, 4.69) is 24.8 Å². The minimum atomic E-state index is -0.503. The number of nitrogens with zero attached hydrogens (tertiary/aromatic N) is 1. The molecule has 0 bridgehead atoms. The van der Waals surface area contributed by atoms with Gasteiger partial charge in [0.15, 0.2) is 0 Å². The van der Waals surface area contributed by atoms with E-state index in [1.807, 2.05) is 39.0 Å². The van der Waals surface area contributed by atoms with Crippen LogP contribution in [0.4, 0.5) is 0 Å². The standard InChI is InChI=1S/C18H31NO3/c1-14(2)19(12-16(20)13-22-18(3,4)5)11-15-9-7-8-10-17(15)21-6/h7-10,14,16,20H,11-13H2,1-6H3. The Hall–Kier alpha value is -1.10. The smallest absolute Gasteiger partial charge is 0.123 e. The third-order valence-corrected chi connectivity index (χ3v) is 3.45. The quantitative estimate of drug-likeness (QED) is 0.801. The molecule has 0 fully saturated rings. The molecule has 1 unspecified atom stereocenters. The Morgan fingerprint density at radius 3 is 2.36 bits per heavy atom. The molecule has 1 N–H and O–H groups in total. The molecule has 1 aromatic carbocycles. The highest BCUT2D eigenvalue weighted by Crippen LogP contribution is 2.20. The van der Waals surface area contributed by atoms with Crippen LogP contribution in [0.15, 0.2) is 24.3 Å². The minimum absolute atomic E-state index is 0.230. The van der Waals surface area contributed by atoms with Crippen LogP contribution < -0.4 is 4.74 Å². The number of aliphatic hydroxyl groups excluding tert-OH is 1. The number of hydrogen-bond acceptors (Lipinski definition) is 4. The number of benzene rings is 1. The van der Waals surface area contributed by atoms with Crippen molar-refractivity contribution in [3.05, 3.63) is 29.8 Å². The Labute approximate surface area is 135 Å². The number of aliphatic hydroxyl groups is 1. The SMILES string of the molecule is COc1ccccc1CN(CC(O)COC(C)(C)C)C(C)C. The Morgan fingerprint density at radius 2 is 1.82 bits per heavy atom. The molecule has 0 saturated carbocycles. The number of para-hydroxylation sites is 1. The van der Waals surface area contributed by atoms with Gasteiger partial charge in [0.1, 0.15) is 5.75 Å². The molecule has 4 heteroatoms. The van der Waals surface area contributed by atoms with E-state index in [1.54, 1.807) is 7.11 Å². The van der Waals surface area contributed by atoms with E-state index in [0.29, 0.717) is 19.2 Å². The Kier molecular flexibility index (Phi) is 7.33. The van der Waals surface area contributed by atoms with Gasteiger partial charge in [-0.1, -0.05) is 18.2 Å². The molecule has 0 radical (unpaired) electrons. The van der Waals surface area contributed by atoms with Crippen molar-refractivity contribution in [2.45, 2.75) is 58.9 Å². The highest BCUT2D eigenvalue weighted by Gasteiger charge is 2.19. The fraction of sp³-hybridized carbons (Fsp3) is 0.667. The lowest BCUT2D eigenvalue weighted by atomic mass is 10.1. The summed E-state index contributed by atoms with van der Waals surface area (Å²) in [5, 5.41) is 10.2. The van der Waals surface area contributed by atoms with Crippen molar-refractivity contribution in [2.75, 3.05) is 20.3 Å². The van der Waals surface area contributed by atoms with Crippen molar-refractivity contribution in [1.29, 1.82) is 0 Å². The Bertz CT molecular complexity index is 440. The lowest BCUT2D eigenvalue weighted by molar-refractivity contribution is -0.0587. The van der Waals surface area contributed by atoms with Gasteiger partial charge in [0.25, 0.3) is 0 Å². The van der Waals surface area contributed by atoms with Crippen LogP contribution in [0.1, 0.15) is 40.2 Å². The predicted octanol–water partition coefficient (Wildman–Crippen LogP) is 3.08. The van der Waals surface area contributed by atoms with Crippen LogP contribution in [0, 0.1) is 0 Å². The number of methoxy groups -OCH3 is 1. The lowest BCUT2D eigenvalue weighted by Crippen LogP contribution is -2.40. The summed E-state index contributed by atoms with van der Waals surface area (Å²) in [5.74, 6) is 0.883. The average molecular weight is 309 g/mol. The molecule has 0 saturated heterocycles. The van der Waals surface area contributed by atoms with Crippen molar-refractivity contribution in [1.82, 2.24) is 4.90 Å². The molecule has 22 heavy (non-hydrogen) atoms. The second-order valence-electron chi connectivity index (χ2n) is 6.91. The van der Waals surface area contributed by atoms with Crippen molar-refractivity contribution in [3.8, 4) is 5.75 Å². The molecule has 4 nitrogen and oxygen atoms in total. The van der Waals surface area contributed by atoms with E-state index in [0.717, 1.165) is 17.9 Å². The second-order valence-corrected chi connectivity index (χ2v) is 6.91. The molecule has 0 spiro atoms. The molecule has 1 rings (SSSR count). The van der Waals surface area contributed by atoms with Gasteiger partial charge in [0, 0.05) is 24.7 Å². The van der Waals surface area contributed by atoms with Crippen LogP contribution >= 0.6 is 0 Å². The summed E-state index contributed by atoms with van der Waals surface area (Å²) in [6.07, 6.45) is -0.503. The van der Waals surface area contributed by atoms with E-state index in [9.17, 15) is 5.11 Å². The van der Waals surface area contributed by atoms with Gasteiger partial charge >= 0.3 is 0 Å². The summed E-state index contributed by atoms with van der Waals surface area (Å²) in [6.45, 7) is 11.9. The summed E-state index contributed by atoms with van der Waals surface area (Å²) in [7, 11) is 1.69. The van der Waals surface area contributed by atoms with Gasteiger partial charge < -0.3 is 14.6 Å². The summed E-state index contributed by atoms with van der Waals surface area (Å²) in [5.41, 5.74) is 0.898. The van der Waals surface area contributed by atoms with E-state index < -0.39 is 6.10 Å². The summed E-state index contributed by atoms with van der Waals surface area (Å²) in [6, 6.07) is 8.33. The first-order valence-corrected chi connectivity index (χ1v) is 7.91. The molecule has 0 aliphatic carbocycles. The zero-order valence-electron chi connectivity index (χ0n) is 14.8. The molecular formula is C18H31NO3. The first-order valence-electron chi connectivity index (χ1n) is 7.91. The van der Waals surface area contributed by atoms with Crippen LogP contribution in [-0.2, 0) is 11.3 Å². The Morgan fingerprint density at radius 1 is 1.18 bits per heavy atom. The maximum Gasteiger partial charge on any atom is 0.123 e. The van der Waals surface area contributed by atoms with Gasteiger partial charge in [-0.15, -0.1) is 0 Å². The van der Waals surface area contributed by atoms with Crippen LogP contribution in [0.3, 0.4) is 0 Å². The molecule has 0 aliphatic rings. The fourth-order valence-corrected chi connectivity index (χ4v) is 2.18. The molecule has 1 aromatic rings. The molecule has 0 heterocycles. The van der Waals surface area contributed by atoms with Crippen molar-refractivity contribution < 1.29 is 14.6 Å². The van der Waals surface area contributed by atoms with Crippen LogP contribution in [0.5, 0.6) is 5.75 Å². The summed E-state index contributed by atoms with van der Waals surface area (Å²) >= 11 is 0. The highest BCUT2D eigenvalue weighted by molar-refractivity contribution is 5.33. The minimum Gasteiger partial charge on any atom is -0.496 e. The maximum atomic E-state index is 10.2. The van der Waals surface area contributed by atoms with Gasteiger partial charge in [-0.2, -0.15) is 0 Å². The zero-order chi connectivity index (χ0) is 16.8. The fourth-order valence-electron chi connectivity index (χ4n) is 2.18. The summed E-state index contributed by atoms with van der Waals surface area (Å²) < 4.78 is 11.1. The third kappa shape index (κ3) is 6.77. The number of ether oxygens (including phenoxy) is 2. The molecule has 0 aliphatic heterocycles. The van der Waals surface area contributed by atoms with Gasteiger partial charge in [-0.3, -0.25) is 4.90 Å². The highest BCUT2D eigenvalue weighted by atomic mass is 16.5. The molecule has 126 valence electrons. The predicted molar refractivity (Wildman–Crippen MR) is 90.3 cm³/mol. The second kappa shape index (κ2) is 8.51. The van der Waals surface area contributed by atoms with Gasteiger partial charge in [-0.25, -0.2) is 0 Å². The van der Waals surface area contributed by atoms with E-state index in [1.165, 1.54) is 0 Å². The third-order valence-electron chi connectivity index (χ3n) is 3.45. The number of rotatable bonds is 8. The topological polar surface area (TPSA) is 41.9 Å². The van der Waals surface area contributed by atoms with Crippen LogP contribution in [-0.4, -0.2) is 48.0 Å². The largest absolute Gasteiger partial charge is 0.496 e. The molecule has 0 amide bonds. The van der Waals surface area contributed by atoms with E-state index >= 15 is 0 Å². The summed E-state index contributed by atoms with van der Waals surface area (Å²) in [4.78, 5) is 2.23. The van der Waals surface area contributed by atoms with Gasteiger partial charge in [0.2, 0.25) is 0 Å². The zero-order valence-corrected chi connectivity index (χ0v) is 14.8. The lowest BCUT2D eigenvalue weighted by Gasteiger charge is -2.30. The number of hydrogen-bond donors (Lipinski definition) is 1. The first-order chi connectivity index (χ1) is 10.2. The van der Waals surface area contributed by atoms with Gasteiger partial charge in [0.05, 0.1) is 25.4 Å². The van der Waals surface area contributed by atoms with Crippen molar-refractivity contribution in [3.63, 3.8) is 0 Å². The van der Waals surface area contributed by atoms with Crippen LogP contribution in [0.25, 0.3) is 0 Å². The normalized spacial score (nSPS) is 13.7. The first kappa shape index (κ1) is 18.9. The van der Waals surface area contributed by atoms with Crippen molar-refractivity contribution >= 4 is 0 Å². The van der Waals surface area contributed by atoms with E-state index in [4.69, 9.17) is 9.47 Å². The molecule has 1 atom stereocenters. The van der Waals surface area contributed by atoms with Crippen molar-refractivity contribution in [2.24, 2.45) is 0 Å². The molecular weight excluding hydrogens is 278 g/mol. The monoisotopic (exact) mass is 309 g/mol. The molecule has 0 aromatic heterocycles.